The minimum atomic E-state index is -0.701. The lowest BCUT2D eigenvalue weighted by Gasteiger charge is -2.56. The first-order valence-corrected chi connectivity index (χ1v) is 12.2. The number of carboxylic acid groups (broad SMARTS) is 1. The molecule has 0 aliphatic heterocycles. The molecular weight excluding hydrogens is 429 g/mol. The molecule has 5 heteroatoms. The molecule has 34 heavy (non-hydrogen) atoms. The van der Waals surface area contributed by atoms with Gasteiger partial charge in [-0.15, -0.1) is 0 Å². The van der Waals surface area contributed by atoms with Gasteiger partial charge in [0.1, 0.15) is 5.82 Å². The van der Waals surface area contributed by atoms with E-state index >= 15 is 0 Å². The van der Waals surface area contributed by atoms with Crippen LogP contribution in [0.25, 0.3) is 10.9 Å². The van der Waals surface area contributed by atoms with Crippen LogP contribution in [0.2, 0.25) is 0 Å². The Morgan fingerprint density at radius 1 is 1.03 bits per heavy atom. The predicted molar refractivity (Wildman–Crippen MR) is 131 cm³/mol. The zero-order chi connectivity index (χ0) is 24.3. The lowest BCUT2D eigenvalue weighted by atomic mass is 9.47. The van der Waals surface area contributed by atoms with E-state index in [9.17, 15) is 14.0 Å². The van der Waals surface area contributed by atoms with Crippen molar-refractivity contribution in [2.75, 3.05) is 0 Å². The maximum atomic E-state index is 14.6. The molecule has 0 radical (unpaired) electrons. The average Bonchev–Trinajstić information content (AvgIpc) is 3.13. The third kappa shape index (κ3) is 4.06. The van der Waals surface area contributed by atoms with Gasteiger partial charge in [0.05, 0.1) is 11.4 Å². The van der Waals surface area contributed by atoms with Crippen LogP contribution in [-0.2, 0) is 16.8 Å². The van der Waals surface area contributed by atoms with Gasteiger partial charge in [-0.25, -0.2) is 4.39 Å². The molecular formula is C29H32FNO3. The van der Waals surface area contributed by atoms with Gasteiger partial charge in [0, 0.05) is 30.1 Å². The number of nitrogens with zero attached hydrogens (tertiary/aromatic N) is 1. The summed E-state index contributed by atoms with van der Waals surface area (Å²) in [6.45, 7) is 7.12. The van der Waals surface area contributed by atoms with Crippen molar-refractivity contribution in [1.29, 1.82) is 0 Å². The Morgan fingerprint density at radius 2 is 1.71 bits per heavy atom. The molecule has 2 aliphatic carbocycles. The summed E-state index contributed by atoms with van der Waals surface area (Å²) >= 11 is 0. The van der Waals surface area contributed by atoms with Gasteiger partial charge in [0.15, 0.2) is 5.78 Å². The fraction of sp³-hybridized carbons (Fsp3) is 0.448. The Labute approximate surface area is 199 Å². The summed E-state index contributed by atoms with van der Waals surface area (Å²) in [7, 11) is 0. The Balaban J connectivity index is 1.33. The second-order valence-corrected chi connectivity index (χ2v) is 11.6. The van der Waals surface area contributed by atoms with Gasteiger partial charge in [-0.3, -0.25) is 9.59 Å². The van der Waals surface area contributed by atoms with Crippen LogP contribution >= 0.6 is 0 Å². The summed E-state index contributed by atoms with van der Waals surface area (Å²) in [5.41, 5.74) is 3.82. The molecule has 0 saturated heterocycles. The number of hydrogen-bond acceptors (Lipinski definition) is 2. The lowest BCUT2D eigenvalue weighted by Crippen LogP contribution is -2.50. The van der Waals surface area contributed by atoms with Gasteiger partial charge < -0.3 is 9.67 Å². The van der Waals surface area contributed by atoms with Gasteiger partial charge in [0.2, 0.25) is 0 Å². The molecule has 3 aromatic rings. The number of aliphatic carboxylic acids is 1. The molecule has 1 N–H and O–H groups in total. The van der Waals surface area contributed by atoms with E-state index in [4.69, 9.17) is 5.11 Å². The lowest BCUT2D eigenvalue weighted by molar-refractivity contribution is -0.157. The predicted octanol–water partition coefficient (Wildman–Crippen LogP) is 6.59. The summed E-state index contributed by atoms with van der Waals surface area (Å²) in [6, 6.07) is 13.2. The summed E-state index contributed by atoms with van der Waals surface area (Å²) < 4.78 is 16.6. The van der Waals surface area contributed by atoms with E-state index < -0.39 is 5.97 Å². The monoisotopic (exact) mass is 461 g/mol. The van der Waals surface area contributed by atoms with E-state index in [0.29, 0.717) is 29.4 Å². The number of fused-ring (bicyclic) bond motifs is 1. The van der Waals surface area contributed by atoms with Crippen LogP contribution in [0.15, 0.2) is 48.7 Å². The molecule has 2 saturated carbocycles. The van der Waals surface area contributed by atoms with Crippen molar-refractivity contribution in [3.05, 3.63) is 71.2 Å². The number of benzene rings is 2. The number of hydrogen-bond donors (Lipinski definition) is 1. The van der Waals surface area contributed by atoms with Crippen molar-refractivity contribution in [3.63, 3.8) is 0 Å². The second kappa shape index (κ2) is 8.07. The third-order valence-electron chi connectivity index (χ3n) is 7.97. The molecule has 2 aromatic carbocycles. The van der Waals surface area contributed by atoms with Crippen LogP contribution in [0, 0.1) is 23.1 Å². The van der Waals surface area contributed by atoms with Crippen molar-refractivity contribution in [2.24, 2.45) is 17.3 Å². The van der Waals surface area contributed by atoms with Crippen LogP contribution in [-0.4, -0.2) is 21.4 Å². The number of carbonyl (C=O) groups excluding carboxylic acids is 1. The molecule has 0 unspecified atom stereocenters. The summed E-state index contributed by atoms with van der Waals surface area (Å²) in [5.74, 6) is -0.898. The van der Waals surface area contributed by atoms with E-state index in [1.54, 1.807) is 12.1 Å². The number of halogens is 1. The highest BCUT2D eigenvalue weighted by atomic mass is 19.1. The van der Waals surface area contributed by atoms with Crippen molar-refractivity contribution in [1.82, 2.24) is 4.57 Å². The van der Waals surface area contributed by atoms with Crippen LogP contribution in [0.4, 0.5) is 4.39 Å². The molecule has 0 atom stereocenters. The van der Waals surface area contributed by atoms with E-state index in [-0.39, 0.29) is 34.3 Å². The summed E-state index contributed by atoms with van der Waals surface area (Å²) in [5, 5.41) is 9.62. The third-order valence-corrected chi connectivity index (χ3v) is 7.97. The van der Waals surface area contributed by atoms with E-state index in [1.165, 1.54) is 11.6 Å². The molecule has 0 amide bonds. The zero-order valence-electron chi connectivity index (χ0n) is 20.1. The summed E-state index contributed by atoms with van der Waals surface area (Å²) in [6.07, 6.45) is 5.63. The fourth-order valence-corrected chi connectivity index (χ4v) is 6.13. The molecule has 1 heterocycles. The Hall–Kier alpha value is -2.95. The van der Waals surface area contributed by atoms with Gasteiger partial charge in [-0.1, -0.05) is 45.0 Å². The van der Waals surface area contributed by atoms with Crippen LogP contribution in [0.5, 0.6) is 0 Å². The van der Waals surface area contributed by atoms with Crippen LogP contribution < -0.4 is 0 Å². The number of ketones is 1. The highest BCUT2D eigenvalue weighted by Crippen LogP contribution is 2.62. The normalized spacial score (nSPS) is 24.1. The minimum Gasteiger partial charge on any atom is -0.481 e. The molecule has 2 aliphatic rings. The van der Waals surface area contributed by atoms with Gasteiger partial charge >= 0.3 is 5.97 Å². The van der Waals surface area contributed by atoms with Gasteiger partial charge in [-0.05, 0) is 71.8 Å². The van der Waals surface area contributed by atoms with E-state index in [1.807, 2.05) is 10.8 Å². The van der Waals surface area contributed by atoms with E-state index in [0.717, 1.165) is 31.2 Å². The van der Waals surface area contributed by atoms with Crippen LogP contribution in [0.1, 0.15) is 74.4 Å². The maximum absolute atomic E-state index is 14.6. The number of rotatable bonds is 6. The van der Waals surface area contributed by atoms with Crippen molar-refractivity contribution in [2.45, 2.75) is 64.8 Å². The minimum absolute atomic E-state index is 0.0435. The van der Waals surface area contributed by atoms with Crippen molar-refractivity contribution >= 4 is 22.7 Å². The maximum Gasteiger partial charge on any atom is 0.306 e. The molecule has 0 bridgehead atoms. The molecule has 4 nitrogen and oxygen atoms in total. The second-order valence-electron chi connectivity index (χ2n) is 11.6. The molecule has 2 fully saturated rings. The highest BCUT2D eigenvalue weighted by molar-refractivity contribution is 6.07. The number of Topliss-reactive ketones (excluding diaryl/α,β-unsaturated/α-hetero) is 1. The summed E-state index contributed by atoms with van der Waals surface area (Å²) in [4.78, 5) is 24.4. The average molecular weight is 462 g/mol. The Morgan fingerprint density at radius 3 is 2.32 bits per heavy atom. The quantitative estimate of drug-likeness (QED) is 0.421. The van der Waals surface area contributed by atoms with Crippen LogP contribution in [0.3, 0.4) is 0 Å². The zero-order valence-corrected chi connectivity index (χ0v) is 20.1. The first-order chi connectivity index (χ1) is 16.0. The van der Waals surface area contributed by atoms with Gasteiger partial charge in [-0.2, -0.15) is 0 Å². The van der Waals surface area contributed by atoms with Gasteiger partial charge in [0.25, 0.3) is 0 Å². The Kier molecular flexibility index (Phi) is 5.42. The highest BCUT2D eigenvalue weighted by Gasteiger charge is 2.54. The smallest absolute Gasteiger partial charge is 0.306 e. The molecule has 1 spiro atoms. The molecule has 1 aromatic heterocycles. The number of carboxylic acids is 1. The first-order valence-electron chi connectivity index (χ1n) is 12.2. The first kappa shape index (κ1) is 22.8. The SMILES string of the molecule is CC(C)(C)c1ccc(Cn2ccc3c(F)ccc(C(=O)CC4CC5(C4)CC(C(=O)O)C5)c32)cc1. The number of aromatic nitrogens is 1. The Bertz CT molecular complexity index is 1250. The topological polar surface area (TPSA) is 59.3 Å². The fourth-order valence-electron chi connectivity index (χ4n) is 6.13. The molecule has 5 rings (SSSR count). The van der Waals surface area contributed by atoms with Crippen molar-refractivity contribution in [3.8, 4) is 0 Å². The molecule has 178 valence electrons. The largest absolute Gasteiger partial charge is 0.481 e. The standard InChI is InChI=1S/C29H32FNO3/c1-28(2,3)21-6-4-18(5-7-21)17-31-11-10-22-24(30)9-8-23(26(22)31)25(32)12-19-13-29(14-19)15-20(16-29)27(33)34/h4-11,19-20H,12-17H2,1-3H3,(H,33,34). The van der Waals surface area contributed by atoms with Crippen molar-refractivity contribution < 1.29 is 19.1 Å². The number of carbonyl (C=O) groups is 2. The van der Waals surface area contributed by atoms with E-state index in [2.05, 4.69) is 45.0 Å².